The minimum atomic E-state index is -1.02. The molecule has 1 N–H and O–H groups in total. The SMILES string of the molecule is OC1(c2ccoc2)CCc2cc(F)ccc21. The summed E-state index contributed by atoms with van der Waals surface area (Å²) in [4.78, 5) is 0. The zero-order chi connectivity index (χ0) is 11.2. The van der Waals surface area contributed by atoms with E-state index in [4.69, 9.17) is 4.42 Å². The third kappa shape index (κ3) is 1.21. The van der Waals surface area contributed by atoms with E-state index in [2.05, 4.69) is 0 Å². The van der Waals surface area contributed by atoms with E-state index < -0.39 is 5.60 Å². The van der Waals surface area contributed by atoms with E-state index in [1.165, 1.54) is 18.4 Å². The van der Waals surface area contributed by atoms with Crippen molar-refractivity contribution < 1.29 is 13.9 Å². The molecule has 0 saturated carbocycles. The molecule has 1 atom stereocenters. The van der Waals surface area contributed by atoms with Gasteiger partial charge >= 0.3 is 0 Å². The van der Waals surface area contributed by atoms with Crippen molar-refractivity contribution in [2.24, 2.45) is 0 Å². The normalized spacial score (nSPS) is 23.4. The molecule has 82 valence electrons. The Hall–Kier alpha value is -1.61. The Morgan fingerprint density at radius 3 is 2.94 bits per heavy atom. The van der Waals surface area contributed by atoms with E-state index in [1.807, 2.05) is 0 Å². The van der Waals surface area contributed by atoms with Crippen LogP contribution in [0.1, 0.15) is 23.1 Å². The van der Waals surface area contributed by atoms with E-state index in [0.717, 1.165) is 16.7 Å². The van der Waals surface area contributed by atoms with Crippen LogP contribution >= 0.6 is 0 Å². The predicted molar refractivity (Wildman–Crippen MR) is 56.4 cm³/mol. The summed E-state index contributed by atoms with van der Waals surface area (Å²) in [6.45, 7) is 0. The maximum atomic E-state index is 13.1. The summed E-state index contributed by atoms with van der Waals surface area (Å²) in [7, 11) is 0. The van der Waals surface area contributed by atoms with E-state index >= 15 is 0 Å². The average Bonchev–Trinajstić information content (AvgIpc) is 2.87. The number of halogens is 1. The highest BCUT2D eigenvalue weighted by Gasteiger charge is 2.39. The topological polar surface area (TPSA) is 33.4 Å². The number of benzene rings is 1. The molecule has 0 aliphatic heterocycles. The number of aliphatic hydroxyl groups is 1. The monoisotopic (exact) mass is 218 g/mol. The van der Waals surface area contributed by atoms with Gasteiger partial charge in [-0.05, 0) is 42.2 Å². The summed E-state index contributed by atoms with van der Waals surface area (Å²) in [5.74, 6) is -0.254. The van der Waals surface area contributed by atoms with Crippen molar-refractivity contribution in [2.75, 3.05) is 0 Å². The van der Waals surface area contributed by atoms with Crippen molar-refractivity contribution in [3.63, 3.8) is 0 Å². The van der Waals surface area contributed by atoms with Gasteiger partial charge < -0.3 is 9.52 Å². The van der Waals surface area contributed by atoms with Crippen molar-refractivity contribution in [3.05, 3.63) is 59.3 Å². The van der Waals surface area contributed by atoms with E-state index in [-0.39, 0.29) is 5.82 Å². The second kappa shape index (κ2) is 3.19. The Bertz CT molecular complexity index is 519. The lowest BCUT2D eigenvalue weighted by Crippen LogP contribution is -2.22. The molecular weight excluding hydrogens is 207 g/mol. The van der Waals surface area contributed by atoms with Crippen LogP contribution < -0.4 is 0 Å². The lowest BCUT2D eigenvalue weighted by Gasteiger charge is -2.22. The highest BCUT2D eigenvalue weighted by molar-refractivity contribution is 5.44. The number of hydrogen-bond acceptors (Lipinski definition) is 2. The first-order valence-corrected chi connectivity index (χ1v) is 5.24. The van der Waals surface area contributed by atoms with Crippen LogP contribution in [0.15, 0.2) is 41.2 Å². The van der Waals surface area contributed by atoms with Gasteiger partial charge in [0.1, 0.15) is 11.4 Å². The Morgan fingerprint density at radius 2 is 2.19 bits per heavy atom. The molecule has 16 heavy (non-hydrogen) atoms. The molecule has 1 heterocycles. The Morgan fingerprint density at radius 1 is 1.31 bits per heavy atom. The average molecular weight is 218 g/mol. The molecular formula is C13H11FO2. The van der Waals surface area contributed by atoms with Gasteiger partial charge in [-0.15, -0.1) is 0 Å². The zero-order valence-electron chi connectivity index (χ0n) is 8.61. The Kier molecular flexibility index (Phi) is 1.91. The molecule has 0 fully saturated rings. The van der Waals surface area contributed by atoms with Gasteiger partial charge in [-0.2, -0.15) is 0 Å². The molecule has 0 saturated heterocycles. The van der Waals surface area contributed by atoms with Crippen molar-refractivity contribution >= 4 is 0 Å². The summed E-state index contributed by atoms with van der Waals surface area (Å²) >= 11 is 0. The number of aryl methyl sites for hydroxylation is 1. The van der Waals surface area contributed by atoms with E-state index in [0.29, 0.717) is 12.8 Å². The molecule has 2 nitrogen and oxygen atoms in total. The maximum Gasteiger partial charge on any atom is 0.123 e. The molecule has 0 radical (unpaired) electrons. The number of hydrogen-bond donors (Lipinski definition) is 1. The molecule has 2 aromatic rings. The largest absolute Gasteiger partial charge is 0.472 e. The minimum Gasteiger partial charge on any atom is -0.472 e. The number of fused-ring (bicyclic) bond motifs is 1. The van der Waals surface area contributed by atoms with Gasteiger partial charge in [-0.1, -0.05) is 6.07 Å². The first kappa shape index (κ1) is 9.60. The van der Waals surface area contributed by atoms with Gasteiger partial charge in [-0.3, -0.25) is 0 Å². The number of rotatable bonds is 1. The van der Waals surface area contributed by atoms with Crippen LogP contribution in [0.3, 0.4) is 0 Å². The molecule has 1 aromatic carbocycles. The Balaban J connectivity index is 2.15. The lowest BCUT2D eigenvalue weighted by molar-refractivity contribution is 0.0822. The van der Waals surface area contributed by atoms with Crippen molar-refractivity contribution in [1.29, 1.82) is 0 Å². The molecule has 1 unspecified atom stereocenters. The fraction of sp³-hybridized carbons (Fsp3) is 0.231. The Labute approximate surface area is 92.3 Å². The molecule has 3 rings (SSSR count). The standard InChI is InChI=1S/C13H11FO2/c14-11-1-2-12-9(7-11)3-5-13(12,15)10-4-6-16-8-10/h1-2,4,6-8,15H,3,5H2. The fourth-order valence-electron chi connectivity index (χ4n) is 2.42. The van der Waals surface area contributed by atoms with Crippen LogP contribution in [-0.4, -0.2) is 5.11 Å². The van der Waals surface area contributed by atoms with Gasteiger partial charge in [0.05, 0.1) is 12.5 Å². The molecule has 1 aliphatic rings. The van der Waals surface area contributed by atoms with Crippen molar-refractivity contribution in [3.8, 4) is 0 Å². The second-order valence-corrected chi connectivity index (χ2v) is 4.17. The zero-order valence-corrected chi connectivity index (χ0v) is 8.61. The van der Waals surface area contributed by atoms with Crippen molar-refractivity contribution in [2.45, 2.75) is 18.4 Å². The van der Waals surface area contributed by atoms with E-state index in [1.54, 1.807) is 18.4 Å². The number of furan rings is 1. The van der Waals surface area contributed by atoms with Crippen LogP contribution in [0.2, 0.25) is 0 Å². The van der Waals surface area contributed by atoms with Crippen molar-refractivity contribution in [1.82, 2.24) is 0 Å². The first-order valence-electron chi connectivity index (χ1n) is 5.24. The van der Waals surface area contributed by atoms with Gasteiger partial charge in [0.25, 0.3) is 0 Å². The van der Waals surface area contributed by atoms with Gasteiger partial charge in [0.2, 0.25) is 0 Å². The molecule has 1 aromatic heterocycles. The van der Waals surface area contributed by atoms with Crippen LogP contribution in [0, 0.1) is 5.82 Å². The third-order valence-electron chi connectivity index (χ3n) is 3.27. The van der Waals surface area contributed by atoms with Crippen LogP contribution in [0.25, 0.3) is 0 Å². The quantitative estimate of drug-likeness (QED) is 0.798. The smallest absolute Gasteiger partial charge is 0.123 e. The van der Waals surface area contributed by atoms with Crippen LogP contribution in [-0.2, 0) is 12.0 Å². The molecule has 0 bridgehead atoms. The van der Waals surface area contributed by atoms with Gasteiger partial charge in [0, 0.05) is 5.56 Å². The maximum absolute atomic E-state index is 13.1. The first-order chi connectivity index (χ1) is 7.70. The lowest BCUT2D eigenvalue weighted by atomic mass is 9.90. The molecule has 0 spiro atoms. The predicted octanol–water partition coefficient (Wildman–Crippen LogP) is 2.60. The third-order valence-corrected chi connectivity index (χ3v) is 3.27. The fourth-order valence-corrected chi connectivity index (χ4v) is 2.42. The highest BCUT2D eigenvalue weighted by atomic mass is 19.1. The summed E-state index contributed by atoms with van der Waals surface area (Å²) in [6.07, 6.45) is 4.34. The second-order valence-electron chi connectivity index (χ2n) is 4.17. The summed E-state index contributed by atoms with van der Waals surface area (Å²) in [5, 5.41) is 10.6. The van der Waals surface area contributed by atoms with E-state index in [9.17, 15) is 9.50 Å². The van der Waals surface area contributed by atoms with Crippen LogP contribution in [0.4, 0.5) is 4.39 Å². The summed E-state index contributed by atoms with van der Waals surface area (Å²) in [6, 6.07) is 6.28. The highest BCUT2D eigenvalue weighted by Crippen LogP contribution is 2.42. The molecule has 3 heteroatoms. The molecule has 0 amide bonds. The molecule has 1 aliphatic carbocycles. The summed E-state index contributed by atoms with van der Waals surface area (Å²) < 4.78 is 18.1. The summed E-state index contributed by atoms with van der Waals surface area (Å²) in [5.41, 5.74) is 1.38. The van der Waals surface area contributed by atoms with Gasteiger partial charge in [0.15, 0.2) is 0 Å². The minimum absolute atomic E-state index is 0.254. The van der Waals surface area contributed by atoms with Gasteiger partial charge in [-0.25, -0.2) is 4.39 Å². The van der Waals surface area contributed by atoms with Crippen LogP contribution in [0.5, 0.6) is 0 Å².